The SMILES string of the molecule is O=C(O)C1(CNS(=O)(=O)c2ccc([N+](=O)[O-])cc2Cl)CC1. The summed E-state index contributed by atoms with van der Waals surface area (Å²) >= 11 is 5.75. The van der Waals surface area contributed by atoms with Gasteiger partial charge in [-0.25, -0.2) is 13.1 Å². The molecular formula is C11H11ClN2O6S. The van der Waals surface area contributed by atoms with Gasteiger partial charge in [0.1, 0.15) is 4.90 Å². The van der Waals surface area contributed by atoms with E-state index < -0.39 is 26.3 Å². The van der Waals surface area contributed by atoms with Gasteiger partial charge >= 0.3 is 5.97 Å². The Morgan fingerprint density at radius 1 is 1.48 bits per heavy atom. The van der Waals surface area contributed by atoms with E-state index in [0.29, 0.717) is 12.8 Å². The van der Waals surface area contributed by atoms with Gasteiger partial charge in [-0.15, -0.1) is 0 Å². The normalized spacial score (nSPS) is 16.4. The van der Waals surface area contributed by atoms with Crippen LogP contribution in [-0.2, 0) is 14.8 Å². The predicted molar refractivity (Wildman–Crippen MR) is 72.6 cm³/mol. The summed E-state index contributed by atoms with van der Waals surface area (Å²) in [5.41, 5.74) is -1.39. The minimum atomic E-state index is -4.03. The van der Waals surface area contributed by atoms with Gasteiger partial charge in [0.05, 0.1) is 15.4 Å². The molecular weight excluding hydrogens is 324 g/mol. The Morgan fingerprint density at radius 3 is 2.52 bits per heavy atom. The number of nitro groups is 1. The van der Waals surface area contributed by atoms with Gasteiger partial charge in [0, 0.05) is 18.7 Å². The second-order valence-electron chi connectivity index (χ2n) is 4.78. The third-order valence-corrected chi connectivity index (χ3v) is 5.21. The molecule has 8 nitrogen and oxygen atoms in total. The van der Waals surface area contributed by atoms with Crippen molar-refractivity contribution < 1.29 is 23.2 Å². The number of rotatable bonds is 6. The average Bonchev–Trinajstić information content (AvgIpc) is 3.17. The zero-order chi connectivity index (χ0) is 15.8. The summed E-state index contributed by atoms with van der Waals surface area (Å²) in [5, 5.41) is 19.3. The van der Waals surface area contributed by atoms with E-state index in [-0.39, 0.29) is 22.2 Å². The van der Waals surface area contributed by atoms with Gasteiger partial charge in [-0.1, -0.05) is 11.6 Å². The highest BCUT2D eigenvalue weighted by molar-refractivity contribution is 7.89. The third kappa shape index (κ3) is 3.14. The molecule has 1 aromatic rings. The Bertz CT molecular complexity index is 713. The molecule has 0 aliphatic heterocycles. The third-order valence-electron chi connectivity index (χ3n) is 3.32. The number of nitro benzene ring substituents is 1. The Kier molecular flexibility index (Phi) is 3.91. The average molecular weight is 335 g/mol. The highest BCUT2D eigenvalue weighted by Gasteiger charge is 2.50. The van der Waals surface area contributed by atoms with Crippen LogP contribution in [0.2, 0.25) is 5.02 Å². The number of carbonyl (C=O) groups is 1. The standard InChI is InChI=1S/C11H11ClN2O6S/c12-8-5-7(14(17)18)1-2-9(8)21(19,20)13-6-11(3-4-11)10(15)16/h1-2,5,13H,3-4,6H2,(H,15,16). The van der Waals surface area contributed by atoms with E-state index in [0.717, 1.165) is 18.2 Å². The summed E-state index contributed by atoms with van der Waals surface area (Å²) in [6, 6.07) is 2.97. The van der Waals surface area contributed by atoms with E-state index >= 15 is 0 Å². The monoisotopic (exact) mass is 334 g/mol. The Morgan fingerprint density at radius 2 is 2.10 bits per heavy atom. The van der Waals surface area contributed by atoms with Gasteiger partial charge in [0.15, 0.2) is 0 Å². The van der Waals surface area contributed by atoms with Gasteiger partial charge in [0.2, 0.25) is 10.0 Å². The molecule has 1 aromatic carbocycles. The van der Waals surface area contributed by atoms with Gasteiger partial charge in [-0.05, 0) is 18.9 Å². The maximum absolute atomic E-state index is 12.1. The Hall–Kier alpha value is -1.71. The number of carboxylic acid groups (broad SMARTS) is 1. The van der Waals surface area contributed by atoms with Gasteiger partial charge < -0.3 is 5.11 Å². The lowest BCUT2D eigenvalue weighted by molar-refractivity contribution is -0.384. The number of halogens is 1. The fourth-order valence-electron chi connectivity index (χ4n) is 1.75. The number of nitrogens with zero attached hydrogens (tertiary/aromatic N) is 1. The first kappa shape index (κ1) is 15.7. The van der Waals surface area contributed by atoms with Gasteiger partial charge in [0.25, 0.3) is 5.69 Å². The van der Waals surface area contributed by atoms with Crippen LogP contribution >= 0.6 is 11.6 Å². The van der Waals surface area contributed by atoms with Crippen molar-refractivity contribution >= 4 is 33.3 Å². The van der Waals surface area contributed by atoms with Crippen molar-refractivity contribution in [2.45, 2.75) is 17.7 Å². The van der Waals surface area contributed by atoms with Crippen LogP contribution in [0.4, 0.5) is 5.69 Å². The number of hydrogen-bond donors (Lipinski definition) is 2. The van der Waals surface area contributed by atoms with Crippen LogP contribution in [0.1, 0.15) is 12.8 Å². The topological polar surface area (TPSA) is 127 Å². The fourth-order valence-corrected chi connectivity index (χ4v) is 3.41. The molecule has 0 unspecified atom stereocenters. The minimum Gasteiger partial charge on any atom is -0.481 e. The highest BCUT2D eigenvalue weighted by atomic mass is 35.5. The van der Waals surface area contributed by atoms with E-state index in [1.807, 2.05) is 0 Å². The van der Waals surface area contributed by atoms with Crippen LogP contribution in [-0.4, -0.2) is 31.0 Å². The number of hydrogen-bond acceptors (Lipinski definition) is 5. The number of nitrogens with one attached hydrogen (secondary N) is 1. The van der Waals surface area contributed by atoms with Crippen molar-refractivity contribution in [3.8, 4) is 0 Å². The van der Waals surface area contributed by atoms with Gasteiger partial charge in [-0.3, -0.25) is 14.9 Å². The first-order valence-corrected chi connectivity index (χ1v) is 7.71. The number of benzene rings is 1. The molecule has 10 heteroatoms. The van der Waals surface area contributed by atoms with Crippen molar-refractivity contribution in [3.05, 3.63) is 33.3 Å². The molecule has 21 heavy (non-hydrogen) atoms. The minimum absolute atomic E-state index is 0.238. The van der Waals surface area contributed by atoms with Crippen LogP contribution in [0.25, 0.3) is 0 Å². The number of aliphatic carboxylic acids is 1. The van der Waals surface area contributed by atoms with Crippen molar-refractivity contribution in [2.75, 3.05) is 6.54 Å². The smallest absolute Gasteiger partial charge is 0.310 e. The van der Waals surface area contributed by atoms with Crippen molar-refractivity contribution in [1.29, 1.82) is 0 Å². The summed E-state index contributed by atoms with van der Waals surface area (Å²) in [4.78, 5) is 20.5. The Balaban J connectivity index is 2.20. The zero-order valence-corrected chi connectivity index (χ0v) is 12.1. The molecule has 0 atom stereocenters. The summed E-state index contributed by atoms with van der Waals surface area (Å²) in [7, 11) is -4.03. The number of sulfonamides is 1. The lowest BCUT2D eigenvalue weighted by Crippen LogP contribution is -2.34. The molecule has 0 amide bonds. The lowest BCUT2D eigenvalue weighted by Gasteiger charge is -2.12. The summed E-state index contributed by atoms with van der Waals surface area (Å²) in [6.07, 6.45) is 0.803. The van der Waals surface area contributed by atoms with E-state index in [1.54, 1.807) is 0 Å². The molecule has 2 N–H and O–H groups in total. The second kappa shape index (κ2) is 5.24. The molecule has 1 fully saturated rings. The molecule has 0 aromatic heterocycles. The summed E-state index contributed by atoms with van der Waals surface area (Å²) < 4.78 is 26.3. The fraction of sp³-hybridized carbons (Fsp3) is 0.364. The van der Waals surface area contributed by atoms with Crippen molar-refractivity contribution in [2.24, 2.45) is 5.41 Å². The summed E-state index contributed by atoms with van der Waals surface area (Å²) in [5.74, 6) is -1.06. The molecule has 0 bridgehead atoms. The van der Waals surface area contributed by atoms with Crippen LogP contribution in [0, 0.1) is 15.5 Å². The van der Waals surface area contributed by atoms with Crippen molar-refractivity contribution in [3.63, 3.8) is 0 Å². The maximum Gasteiger partial charge on any atom is 0.310 e. The molecule has 1 aliphatic carbocycles. The zero-order valence-electron chi connectivity index (χ0n) is 10.6. The molecule has 0 radical (unpaired) electrons. The van der Waals surface area contributed by atoms with E-state index in [4.69, 9.17) is 16.7 Å². The maximum atomic E-state index is 12.1. The largest absolute Gasteiger partial charge is 0.481 e. The highest BCUT2D eigenvalue weighted by Crippen LogP contribution is 2.45. The summed E-state index contributed by atoms with van der Waals surface area (Å²) in [6.45, 7) is -0.238. The van der Waals surface area contributed by atoms with E-state index in [2.05, 4.69) is 4.72 Å². The number of non-ortho nitro benzene ring substituents is 1. The lowest BCUT2D eigenvalue weighted by atomic mass is 10.1. The van der Waals surface area contributed by atoms with Crippen LogP contribution in [0.3, 0.4) is 0 Å². The van der Waals surface area contributed by atoms with Crippen molar-refractivity contribution in [1.82, 2.24) is 4.72 Å². The number of carboxylic acids is 1. The molecule has 0 spiro atoms. The van der Waals surface area contributed by atoms with E-state index in [1.165, 1.54) is 0 Å². The Labute approximate surface area is 124 Å². The second-order valence-corrected chi connectivity index (χ2v) is 6.92. The molecule has 114 valence electrons. The van der Waals surface area contributed by atoms with E-state index in [9.17, 15) is 23.3 Å². The molecule has 2 rings (SSSR count). The van der Waals surface area contributed by atoms with Crippen LogP contribution in [0.15, 0.2) is 23.1 Å². The van der Waals surface area contributed by atoms with Crippen LogP contribution in [0.5, 0.6) is 0 Å². The molecule has 0 heterocycles. The molecule has 1 saturated carbocycles. The first-order chi connectivity index (χ1) is 9.68. The molecule has 0 saturated heterocycles. The first-order valence-electron chi connectivity index (χ1n) is 5.85. The predicted octanol–water partition coefficient (Wildman–Crippen LogP) is 1.39. The quantitative estimate of drug-likeness (QED) is 0.598. The molecule has 1 aliphatic rings. The van der Waals surface area contributed by atoms with Crippen LogP contribution < -0.4 is 4.72 Å². The van der Waals surface area contributed by atoms with Gasteiger partial charge in [-0.2, -0.15) is 0 Å².